The third-order valence-electron chi connectivity index (χ3n) is 5.93. The standard InChI is InChI=1S/C26H34O/c1-16-14-21-20(17(16)2)15-22(26(6,7)8)24(27-9)23(21)18-10-12-19(13-11-18)25(3,4)5/h10-15,17H,1-9H3. The van der Waals surface area contributed by atoms with Crippen molar-refractivity contribution < 1.29 is 4.74 Å². The Hall–Kier alpha value is -2.02. The van der Waals surface area contributed by atoms with E-state index >= 15 is 0 Å². The molecule has 1 aliphatic rings. The molecule has 0 aliphatic heterocycles. The van der Waals surface area contributed by atoms with Gasteiger partial charge in [-0.3, -0.25) is 0 Å². The van der Waals surface area contributed by atoms with E-state index in [0.29, 0.717) is 5.92 Å². The van der Waals surface area contributed by atoms with Crippen LogP contribution in [0.2, 0.25) is 0 Å². The smallest absolute Gasteiger partial charge is 0.131 e. The van der Waals surface area contributed by atoms with E-state index in [4.69, 9.17) is 4.74 Å². The number of hydrogen-bond acceptors (Lipinski definition) is 1. The average Bonchev–Trinajstić information content (AvgIpc) is 2.86. The fourth-order valence-electron chi connectivity index (χ4n) is 4.00. The minimum atomic E-state index is 0.0245. The van der Waals surface area contributed by atoms with Crippen molar-refractivity contribution in [3.63, 3.8) is 0 Å². The zero-order valence-corrected chi connectivity index (χ0v) is 18.4. The number of allylic oxidation sites excluding steroid dienone is 1. The molecule has 0 spiro atoms. The van der Waals surface area contributed by atoms with E-state index in [1.54, 1.807) is 7.11 Å². The Bertz CT molecular complexity index is 884. The van der Waals surface area contributed by atoms with E-state index < -0.39 is 0 Å². The number of methoxy groups -OCH3 is 1. The van der Waals surface area contributed by atoms with Gasteiger partial charge in [-0.25, -0.2) is 0 Å². The summed E-state index contributed by atoms with van der Waals surface area (Å²) in [5.41, 5.74) is 9.47. The maximum Gasteiger partial charge on any atom is 0.131 e. The molecule has 0 fully saturated rings. The molecule has 2 aromatic carbocycles. The van der Waals surface area contributed by atoms with Gasteiger partial charge < -0.3 is 4.74 Å². The predicted molar refractivity (Wildman–Crippen MR) is 118 cm³/mol. The molecule has 0 N–H and O–H groups in total. The van der Waals surface area contributed by atoms with Crippen molar-refractivity contribution in [2.45, 2.75) is 72.1 Å². The fraction of sp³-hybridized carbons (Fsp3) is 0.462. The lowest BCUT2D eigenvalue weighted by Gasteiger charge is -2.27. The molecule has 27 heavy (non-hydrogen) atoms. The molecule has 1 unspecified atom stereocenters. The van der Waals surface area contributed by atoms with E-state index in [1.165, 1.54) is 39.0 Å². The molecule has 1 heteroatoms. The van der Waals surface area contributed by atoms with Gasteiger partial charge in [0.2, 0.25) is 0 Å². The summed E-state index contributed by atoms with van der Waals surface area (Å²) in [4.78, 5) is 0. The lowest BCUT2D eigenvalue weighted by Crippen LogP contribution is -2.15. The molecule has 1 aliphatic carbocycles. The molecule has 0 amide bonds. The van der Waals surface area contributed by atoms with Gasteiger partial charge in [-0.2, -0.15) is 0 Å². The highest BCUT2D eigenvalue weighted by Crippen LogP contribution is 2.49. The summed E-state index contributed by atoms with van der Waals surface area (Å²) < 4.78 is 6.02. The molecule has 2 aromatic rings. The lowest BCUT2D eigenvalue weighted by molar-refractivity contribution is 0.399. The number of fused-ring (bicyclic) bond motifs is 1. The van der Waals surface area contributed by atoms with Gasteiger partial charge in [-0.05, 0) is 40.0 Å². The van der Waals surface area contributed by atoms with Gasteiger partial charge in [0, 0.05) is 17.0 Å². The van der Waals surface area contributed by atoms with Crippen molar-refractivity contribution >= 4 is 6.08 Å². The van der Waals surface area contributed by atoms with E-state index in [2.05, 4.69) is 91.8 Å². The molecule has 0 saturated carbocycles. The lowest BCUT2D eigenvalue weighted by atomic mass is 9.80. The van der Waals surface area contributed by atoms with Crippen LogP contribution < -0.4 is 4.74 Å². The molecule has 3 rings (SSSR count). The summed E-state index contributed by atoms with van der Waals surface area (Å²) >= 11 is 0. The molecule has 0 saturated heterocycles. The number of rotatable bonds is 2. The summed E-state index contributed by atoms with van der Waals surface area (Å²) in [6, 6.07) is 11.4. The fourth-order valence-corrected chi connectivity index (χ4v) is 4.00. The quantitative estimate of drug-likeness (QED) is 0.538. The summed E-state index contributed by atoms with van der Waals surface area (Å²) in [5, 5.41) is 0. The van der Waals surface area contributed by atoms with Gasteiger partial charge in [0.1, 0.15) is 5.75 Å². The number of benzene rings is 2. The maximum absolute atomic E-state index is 6.02. The molecule has 0 heterocycles. The number of ether oxygens (including phenoxy) is 1. The topological polar surface area (TPSA) is 9.23 Å². The van der Waals surface area contributed by atoms with Crippen molar-refractivity contribution in [1.82, 2.24) is 0 Å². The van der Waals surface area contributed by atoms with Gasteiger partial charge in [0.05, 0.1) is 7.11 Å². The Balaban J connectivity index is 2.31. The van der Waals surface area contributed by atoms with E-state index in [1.807, 2.05) is 0 Å². The highest BCUT2D eigenvalue weighted by molar-refractivity contribution is 5.87. The van der Waals surface area contributed by atoms with Gasteiger partial charge >= 0.3 is 0 Å². The first-order valence-corrected chi connectivity index (χ1v) is 9.99. The van der Waals surface area contributed by atoms with Crippen LogP contribution >= 0.6 is 0 Å². The Morgan fingerprint density at radius 1 is 0.889 bits per heavy atom. The first-order chi connectivity index (χ1) is 12.4. The van der Waals surface area contributed by atoms with Crippen LogP contribution in [0.15, 0.2) is 35.9 Å². The number of hydrogen-bond donors (Lipinski definition) is 0. The minimum absolute atomic E-state index is 0.0245. The predicted octanol–water partition coefficient (Wildman–Crippen LogP) is 7.48. The largest absolute Gasteiger partial charge is 0.496 e. The molecule has 144 valence electrons. The molecule has 0 bridgehead atoms. The second-order valence-corrected chi connectivity index (χ2v) is 10.0. The van der Waals surface area contributed by atoms with Gasteiger partial charge in [-0.15, -0.1) is 0 Å². The molecular weight excluding hydrogens is 328 g/mol. The zero-order chi connectivity index (χ0) is 20.1. The second-order valence-electron chi connectivity index (χ2n) is 10.0. The van der Waals surface area contributed by atoms with E-state index in [0.717, 1.165) is 5.75 Å². The van der Waals surface area contributed by atoms with Crippen molar-refractivity contribution in [1.29, 1.82) is 0 Å². The highest BCUT2D eigenvalue weighted by atomic mass is 16.5. The third kappa shape index (κ3) is 3.45. The minimum Gasteiger partial charge on any atom is -0.496 e. The van der Waals surface area contributed by atoms with Gasteiger partial charge in [0.15, 0.2) is 0 Å². The summed E-state index contributed by atoms with van der Waals surface area (Å²) in [5.74, 6) is 1.47. The molecular formula is C26H34O. The first kappa shape index (κ1) is 19.7. The highest BCUT2D eigenvalue weighted by Gasteiger charge is 2.30. The van der Waals surface area contributed by atoms with Crippen LogP contribution in [-0.4, -0.2) is 7.11 Å². The Morgan fingerprint density at radius 3 is 1.96 bits per heavy atom. The zero-order valence-electron chi connectivity index (χ0n) is 18.4. The average molecular weight is 363 g/mol. The van der Waals surface area contributed by atoms with Crippen molar-refractivity contribution in [2.75, 3.05) is 7.11 Å². The van der Waals surface area contributed by atoms with Crippen LogP contribution in [-0.2, 0) is 10.8 Å². The third-order valence-corrected chi connectivity index (χ3v) is 5.93. The molecule has 1 nitrogen and oxygen atoms in total. The summed E-state index contributed by atoms with van der Waals surface area (Å²) in [6.45, 7) is 18.1. The monoisotopic (exact) mass is 362 g/mol. The van der Waals surface area contributed by atoms with Crippen LogP contribution in [0, 0.1) is 0 Å². The van der Waals surface area contributed by atoms with Crippen LogP contribution in [0.1, 0.15) is 83.6 Å². The Kier molecular flexibility index (Phi) is 4.78. The van der Waals surface area contributed by atoms with Crippen molar-refractivity contribution in [3.8, 4) is 16.9 Å². The van der Waals surface area contributed by atoms with E-state index in [-0.39, 0.29) is 10.8 Å². The summed E-state index contributed by atoms with van der Waals surface area (Å²) in [7, 11) is 1.80. The SMILES string of the molecule is COc1c(C(C)(C)C)cc2c(c1-c1ccc(C(C)(C)C)cc1)C=C(C)C2C. The Labute approximate surface area is 165 Å². The Morgan fingerprint density at radius 2 is 1.48 bits per heavy atom. The summed E-state index contributed by atoms with van der Waals surface area (Å²) in [6.07, 6.45) is 2.35. The molecule has 0 aromatic heterocycles. The molecule has 0 radical (unpaired) electrons. The van der Waals surface area contributed by atoms with Crippen LogP contribution in [0.4, 0.5) is 0 Å². The van der Waals surface area contributed by atoms with Gasteiger partial charge in [-0.1, -0.05) is 90.4 Å². The maximum atomic E-state index is 6.02. The van der Waals surface area contributed by atoms with Crippen LogP contribution in [0.25, 0.3) is 17.2 Å². The van der Waals surface area contributed by atoms with E-state index in [9.17, 15) is 0 Å². The van der Waals surface area contributed by atoms with Gasteiger partial charge in [0.25, 0.3) is 0 Å². The van der Waals surface area contributed by atoms with Crippen LogP contribution in [0.3, 0.4) is 0 Å². The van der Waals surface area contributed by atoms with Crippen LogP contribution in [0.5, 0.6) is 5.75 Å². The first-order valence-electron chi connectivity index (χ1n) is 9.99. The normalized spacial score (nSPS) is 16.9. The van der Waals surface area contributed by atoms with Crippen molar-refractivity contribution in [2.24, 2.45) is 0 Å². The molecule has 1 atom stereocenters. The van der Waals surface area contributed by atoms with Crippen molar-refractivity contribution in [3.05, 3.63) is 58.2 Å². The second kappa shape index (κ2) is 6.55.